The minimum atomic E-state index is 0.775. The molecule has 0 amide bonds. The molecular weight excluding hydrogens is 264 g/mol. The zero-order valence-electron chi connectivity index (χ0n) is 8.78. The molecule has 2 aromatic rings. The van der Waals surface area contributed by atoms with Crippen LogP contribution in [0.1, 0.15) is 18.4 Å². The third-order valence-electron chi connectivity index (χ3n) is 3.12. The van der Waals surface area contributed by atoms with Crippen LogP contribution in [0.4, 0.5) is 0 Å². The van der Waals surface area contributed by atoms with Crippen LogP contribution < -0.4 is 0 Å². The zero-order valence-corrected chi connectivity index (χ0v) is 10.4. The van der Waals surface area contributed by atoms with E-state index in [4.69, 9.17) is 5.26 Å². The Morgan fingerprint density at radius 2 is 2.25 bits per heavy atom. The van der Waals surface area contributed by atoms with Crippen LogP contribution in [0.5, 0.6) is 0 Å². The van der Waals surface area contributed by atoms with E-state index in [-0.39, 0.29) is 0 Å². The maximum absolute atomic E-state index is 9.11. The highest BCUT2D eigenvalue weighted by atomic mass is 79.9. The number of nitrogens with zero attached hydrogens (tertiary/aromatic N) is 2. The van der Waals surface area contributed by atoms with Gasteiger partial charge >= 0.3 is 0 Å². The monoisotopic (exact) mass is 274 g/mol. The normalized spacial score (nSPS) is 15.2. The molecule has 1 aromatic heterocycles. The lowest BCUT2D eigenvalue weighted by atomic mass is 10.2. The van der Waals surface area contributed by atoms with Crippen LogP contribution in [-0.2, 0) is 6.54 Å². The topological polar surface area (TPSA) is 28.7 Å². The van der Waals surface area contributed by atoms with Crippen LogP contribution in [0.15, 0.2) is 28.9 Å². The van der Waals surface area contributed by atoms with Crippen molar-refractivity contribution in [3.8, 4) is 6.07 Å². The van der Waals surface area contributed by atoms with Gasteiger partial charge in [-0.05, 0) is 37.0 Å². The van der Waals surface area contributed by atoms with Gasteiger partial charge in [-0.15, -0.1) is 0 Å². The third-order valence-corrected chi connectivity index (χ3v) is 3.61. The molecule has 0 bridgehead atoms. The highest BCUT2D eigenvalue weighted by Crippen LogP contribution is 2.33. The van der Waals surface area contributed by atoms with E-state index in [0.717, 1.165) is 27.9 Å². The summed E-state index contributed by atoms with van der Waals surface area (Å²) in [5.41, 5.74) is 1.95. The summed E-state index contributed by atoms with van der Waals surface area (Å²) in [5.74, 6) is 0.825. The van der Waals surface area contributed by atoms with Crippen molar-refractivity contribution in [2.24, 2.45) is 5.92 Å². The average molecular weight is 275 g/mol. The summed E-state index contributed by atoms with van der Waals surface area (Å²) in [7, 11) is 0. The number of hydrogen-bond acceptors (Lipinski definition) is 1. The minimum Gasteiger partial charge on any atom is -0.346 e. The standard InChI is InChI=1S/C13H11BrN2/c14-11-3-4-13-12(5-11)10(6-15)8-16(13)7-9-1-2-9/h3-5,8-9H,1-2,7H2. The molecule has 0 aliphatic heterocycles. The molecule has 2 nitrogen and oxygen atoms in total. The van der Waals surface area contributed by atoms with Crippen molar-refractivity contribution < 1.29 is 0 Å². The van der Waals surface area contributed by atoms with E-state index in [1.54, 1.807) is 0 Å². The second-order valence-corrected chi connectivity index (χ2v) is 5.33. The molecule has 1 heterocycles. The van der Waals surface area contributed by atoms with Crippen LogP contribution in [0.3, 0.4) is 0 Å². The van der Waals surface area contributed by atoms with Gasteiger partial charge in [-0.2, -0.15) is 5.26 Å². The van der Waals surface area contributed by atoms with Crippen molar-refractivity contribution in [3.05, 3.63) is 34.4 Å². The zero-order chi connectivity index (χ0) is 11.1. The fourth-order valence-corrected chi connectivity index (χ4v) is 2.45. The lowest BCUT2D eigenvalue weighted by Gasteiger charge is -2.03. The van der Waals surface area contributed by atoms with E-state index in [0.29, 0.717) is 0 Å². The summed E-state index contributed by atoms with van der Waals surface area (Å²) < 4.78 is 3.25. The molecule has 0 unspecified atom stereocenters. The predicted octanol–water partition coefficient (Wildman–Crippen LogP) is 3.69. The van der Waals surface area contributed by atoms with E-state index in [9.17, 15) is 0 Å². The molecule has 1 aromatic carbocycles. The largest absolute Gasteiger partial charge is 0.346 e. The summed E-state index contributed by atoms with van der Waals surface area (Å²) in [5, 5.41) is 10.2. The van der Waals surface area contributed by atoms with Gasteiger partial charge in [0.2, 0.25) is 0 Å². The number of benzene rings is 1. The molecule has 16 heavy (non-hydrogen) atoms. The van der Waals surface area contributed by atoms with Gasteiger partial charge < -0.3 is 4.57 Å². The summed E-state index contributed by atoms with van der Waals surface area (Å²) in [6, 6.07) is 8.42. The molecule has 1 aliphatic carbocycles. The molecule has 0 spiro atoms. The smallest absolute Gasteiger partial charge is 0.101 e. The SMILES string of the molecule is N#Cc1cn(CC2CC2)c2ccc(Br)cc12. The van der Waals surface area contributed by atoms with Gasteiger partial charge in [-0.25, -0.2) is 0 Å². The Bertz CT molecular complexity index is 588. The first-order valence-electron chi connectivity index (χ1n) is 5.46. The van der Waals surface area contributed by atoms with Crippen molar-refractivity contribution in [3.63, 3.8) is 0 Å². The molecule has 1 fully saturated rings. The van der Waals surface area contributed by atoms with Crippen molar-refractivity contribution in [1.82, 2.24) is 4.57 Å². The molecule has 3 heteroatoms. The molecular formula is C13H11BrN2. The second kappa shape index (κ2) is 3.64. The number of fused-ring (bicyclic) bond motifs is 1. The highest BCUT2D eigenvalue weighted by molar-refractivity contribution is 9.10. The summed E-state index contributed by atoms with van der Waals surface area (Å²) in [4.78, 5) is 0. The van der Waals surface area contributed by atoms with Crippen LogP contribution in [0.25, 0.3) is 10.9 Å². The van der Waals surface area contributed by atoms with Crippen LogP contribution in [0.2, 0.25) is 0 Å². The number of rotatable bonds is 2. The first-order valence-corrected chi connectivity index (χ1v) is 6.26. The predicted molar refractivity (Wildman–Crippen MR) is 67.1 cm³/mol. The second-order valence-electron chi connectivity index (χ2n) is 4.41. The maximum Gasteiger partial charge on any atom is 0.101 e. The van der Waals surface area contributed by atoms with Crippen LogP contribution in [-0.4, -0.2) is 4.57 Å². The molecule has 0 saturated heterocycles. The van der Waals surface area contributed by atoms with Crippen molar-refractivity contribution in [1.29, 1.82) is 5.26 Å². The molecule has 1 saturated carbocycles. The molecule has 0 atom stereocenters. The van der Waals surface area contributed by atoms with E-state index in [1.165, 1.54) is 18.4 Å². The summed E-state index contributed by atoms with van der Waals surface area (Å²) >= 11 is 3.45. The van der Waals surface area contributed by atoms with Crippen LogP contribution >= 0.6 is 15.9 Å². The van der Waals surface area contributed by atoms with Crippen molar-refractivity contribution in [2.45, 2.75) is 19.4 Å². The van der Waals surface area contributed by atoms with Gasteiger partial charge in [0, 0.05) is 28.1 Å². The fraction of sp³-hybridized carbons (Fsp3) is 0.308. The number of nitriles is 1. The van der Waals surface area contributed by atoms with Gasteiger partial charge in [-0.1, -0.05) is 15.9 Å². The number of halogens is 1. The van der Waals surface area contributed by atoms with Gasteiger partial charge in [0.15, 0.2) is 0 Å². The maximum atomic E-state index is 9.11. The van der Waals surface area contributed by atoms with Gasteiger partial charge in [0.05, 0.1) is 5.56 Å². The van der Waals surface area contributed by atoms with Gasteiger partial charge in [0.1, 0.15) is 6.07 Å². The third kappa shape index (κ3) is 1.64. The lowest BCUT2D eigenvalue weighted by Crippen LogP contribution is -1.96. The Balaban J connectivity index is 2.17. The van der Waals surface area contributed by atoms with E-state index in [2.05, 4.69) is 32.6 Å². The Morgan fingerprint density at radius 3 is 2.94 bits per heavy atom. The fourth-order valence-electron chi connectivity index (χ4n) is 2.09. The Labute approximate surface area is 103 Å². The summed E-state index contributed by atoms with van der Waals surface area (Å²) in [6.45, 7) is 1.06. The van der Waals surface area contributed by atoms with E-state index in [1.807, 2.05) is 18.3 Å². The molecule has 1 aliphatic rings. The number of aromatic nitrogens is 1. The lowest BCUT2D eigenvalue weighted by molar-refractivity contribution is 0.647. The first kappa shape index (κ1) is 9.92. The quantitative estimate of drug-likeness (QED) is 0.821. The summed E-state index contributed by atoms with van der Waals surface area (Å²) in [6.07, 6.45) is 4.64. The van der Waals surface area contributed by atoms with Gasteiger partial charge in [0.25, 0.3) is 0 Å². The molecule has 0 radical (unpaired) electrons. The molecule has 0 N–H and O–H groups in total. The Morgan fingerprint density at radius 1 is 1.44 bits per heavy atom. The highest BCUT2D eigenvalue weighted by Gasteiger charge is 2.22. The number of hydrogen-bond donors (Lipinski definition) is 0. The van der Waals surface area contributed by atoms with Gasteiger partial charge in [-0.3, -0.25) is 0 Å². The van der Waals surface area contributed by atoms with Crippen LogP contribution in [0, 0.1) is 17.2 Å². The van der Waals surface area contributed by atoms with Crippen molar-refractivity contribution >= 4 is 26.8 Å². The minimum absolute atomic E-state index is 0.775. The van der Waals surface area contributed by atoms with E-state index < -0.39 is 0 Å². The first-order chi connectivity index (χ1) is 7.78. The molecule has 3 rings (SSSR count). The van der Waals surface area contributed by atoms with Crippen molar-refractivity contribution in [2.75, 3.05) is 0 Å². The molecule has 80 valence electrons. The average Bonchev–Trinajstić information content (AvgIpc) is 3.01. The Kier molecular flexibility index (Phi) is 2.26. The Hall–Kier alpha value is -1.27. The van der Waals surface area contributed by atoms with E-state index >= 15 is 0 Å².